The first kappa shape index (κ1) is 18.9. The van der Waals surface area contributed by atoms with Crippen LogP contribution in [0.2, 0.25) is 0 Å². The molecule has 11 nitrogen and oxygen atoms in total. The number of rotatable bonds is 6. The molecule has 31 heavy (non-hydrogen) atoms. The summed E-state index contributed by atoms with van der Waals surface area (Å²) < 4.78 is 12.5. The van der Waals surface area contributed by atoms with Gasteiger partial charge in [0.15, 0.2) is 22.8 Å². The second-order valence-corrected chi connectivity index (χ2v) is 7.26. The number of methoxy groups -OCH3 is 1. The largest absolute Gasteiger partial charge is 0.494 e. The number of amides is 1. The first-order valence-corrected chi connectivity index (χ1v) is 9.66. The van der Waals surface area contributed by atoms with E-state index in [4.69, 9.17) is 9.15 Å². The molecule has 3 heterocycles. The molecule has 0 unspecified atom stereocenters. The lowest BCUT2D eigenvalue weighted by Gasteiger charge is -2.14. The van der Waals surface area contributed by atoms with Gasteiger partial charge in [0.1, 0.15) is 12.1 Å². The molecular weight excluding hydrogens is 402 g/mol. The summed E-state index contributed by atoms with van der Waals surface area (Å²) in [6.07, 6.45) is 3.34. The van der Waals surface area contributed by atoms with Gasteiger partial charge in [-0.05, 0) is 25.0 Å². The fraction of sp³-hybridized carbons (Fsp3) is 0.250. The van der Waals surface area contributed by atoms with Crippen molar-refractivity contribution in [1.82, 2.24) is 24.7 Å². The summed E-state index contributed by atoms with van der Waals surface area (Å²) in [5, 5.41) is 10.4. The number of anilines is 3. The Morgan fingerprint density at radius 2 is 2.16 bits per heavy atom. The van der Waals surface area contributed by atoms with Crippen molar-refractivity contribution in [1.29, 1.82) is 0 Å². The number of hydrogen-bond acceptors (Lipinski definition) is 8. The van der Waals surface area contributed by atoms with Crippen molar-refractivity contribution < 1.29 is 13.9 Å². The van der Waals surface area contributed by atoms with Crippen LogP contribution in [-0.4, -0.2) is 37.7 Å². The number of ether oxygens (including phenoxy) is 1. The van der Waals surface area contributed by atoms with Gasteiger partial charge < -0.3 is 19.8 Å². The highest BCUT2D eigenvalue weighted by atomic mass is 16.5. The Kier molecular flexibility index (Phi) is 4.42. The van der Waals surface area contributed by atoms with Crippen LogP contribution in [0.1, 0.15) is 12.8 Å². The molecule has 158 valence electrons. The maximum Gasteiger partial charge on any atom is 0.418 e. The number of carbonyl (C=O) groups excluding carboxylic acids is 1. The molecule has 1 aliphatic rings. The summed E-state index contributed by atoms with van der Waals surface area (Å²) >= 11 is 0. The first-order valence-electron chi connectivity index (χ1n) is 9.66. The van der Waals surface area contributed by atoms with Crippen LogP contribution in [0.5, 0.6) is 5.75 Å². The Hall–Kier alpha value is -4.15. The van der Waals surface area contributed by atoms with Gasteiger partial charge in [0.2, 0.25) is 5.91 Å². The Morgan fingerprint density at radius 3 is 2.87 bits per heavy atom. The maximum absolute atomic E-state index is 12.2. The predicted molar refractivity (Wildman–Crippen MR) is 112 cm³/mol. The summed E-state index contributed by atoms with van der Waals surface area (Å²) in [7, 11) is 3.33. The van der Waals surface area contributed by atoms with Crippen molar-refractivity contribution >= 4 is 34.3 Å². The number of para-hydroxylation sites is 1. The summed E-state index contributed by atoms with van der Waals surface area (Å²) in [5.41, 5.74) is 2.19. The smallest absolute Gasteiger partial charge is 0.418 e. The van der Waals surface area contributed by atoms with Crippen LogP contribution in [0.3, 0.4) is 0 Å². The molecule has 1 saturated carbocycles. The Bertz CT molecular complexity index is 1350. The van der Waals surface area contributed by atoms with E-state index in [1.165, 1.54) is 0 Å². The van der Waals surface area contributed by atoms with Gasteiger partial charge in [-0.1, -0.05) is 6.07 Å². The van der Waals surface area contributed by atoms with Gasteiger partial charge >= 0.3 is 5.76 Å². The molecule has 11 heteroatoms. The van der Waals surface area contributed by atoms with E-state index < -0.39 is 5.76 Å². The van der Waals surface area contributed by atoms with Crippen LogP contribution in [0.15, 0.2) is 39.8 Å². The molecular formula is C20H19N7O4. The van der Waals surface area contributed by atoms with Gasteiger partial charge in [-0.2, -0.15) is 5.10 Å². The summed E-state index contributed by atoms with van der Waals surface area (Å²) in [4.78, 5) is 35.1. The third-order valence-corrected chi connectivity index (χ3v) is 4.92. The number of aromatic nitrogens is 5. The standard InChI is InChI=1S/C20H19N7O4/c1-27-9-21-17(26-27)11-4-3-5-12(15(11)30-2)22-13-8-14(24-19(28)10-6-7-10)23-18-16(13)31-20(29)25-18/h3-5,8-10H,6-7H2,1-2H3,(H3,22,23,24,25,28,29). The van der Waals surface area contributed by atoms with Crippen molar-refractivity contribution in [2.24, 2.45) is 13.0 Å². The molecule has 0 aliphatic heterocycles. The quantitative estimate of drug-likeness (QED) is 0.431. The van der Waals surface area contributed by atoms with Gasteiger partial charge in [0.05, 0.1) is 24.0 Å². The van der Waals surface area contributed by atoms with Crippen molar-refractivity contribution in [2.45, 2.75) is 12.8 Å². The second kappa shape index (κ2) is 7.27. The zero-order chi connectivity index (χ0) is 21.5. The maximum atomic E-state index is 12.2. The molecule has 0 radical (unpaired) electrons. The second-order valence-electron chi connectivity index (χ2n) is 7.26. The van der Waals surface area contributed by atoms with Crippen LogP contribution in [0.4, 0.5) is 17.2 Å². The lowest BCUT2D eigenvalue weighted by Crippen LogP contribution is -2.14. The van der Waals surface area contributed by atoms with Crippen molar-refractivity contribution in [2.75, 3.05) is 17.7 Å². The van der Waals surface area contributed by atoms with Crippen molar-refractivity contribution in [3.05, 3.63) is 41.1 Å². The minimum absolute atomic E-state index is 0.0138. The highest BCUT2D eigenvalue weighted by molar-refractivity contribution is 5.96. The number of aromatic amines is 1. The van der Waals surface area contributed by atoms with Gasteiger partial charge in [-0.15, -0.1) is 0 Å². The number of oxazole rings is 1. The third-order valence-electron chi connectivity index (χ3n) is 4.92. The van der Waals surface area contributed by atoms with E-state index >= 15 is 0 Å². The molecule has 1 aliphatic carbocycles. The number of benzene rings is 1. The summed E-state index contributed by atoms with van der Waals surface area (Å²) in [5.74, 6) is 0.609. The number of pyridine rings is 1. The Labute approximate surface area is 175 Å². The lowest BCUT2D eigenvalue weighted by molar-refractivity contribution is -0.117. The predicted octanol–water partition coefficient (Wildman–Crippen LogP) is 2.41. The van der Waals surface area contributed by atoms with Crippen LogP contribution >= 0.6 is 0 Å². The van der Waals surface area contributed by atoms with E-state index in [9.17, 15) is 9.59 Å². The normalized spacial score (nSPS) is 13.4. The minimum atomic E-state index is -0.644. The molecule has 0 bridgehead atoms. The van der Waals surface area contributed by atoms with Crippen molar-refractivity contribution in [3.8, 4) is 17.1 Å². The van der Waals surface area contributed by atoms with E-state index in [1.807, 2.05) is 18.2 Å². The van der Waals surface area contributed by atoms with Gasteiger partial charge in [-0.25, -0.2) is 14.8 Å². The monoisotopic (exact) mass is 421 g/mol. The van der Waals surface area contributed by atoms with E-state index in [2.05, 4.69) is 30.7 Å². The summed E-state index contributed by atoms with van der Waals surface area (Å²) in [6, 6.07) is 7.10. The average Bonchev–Trinajstić information content (AvgIpc) is 3.40. The molecule has 0 atom stereocenters. The number of hydrogen-bond donors (Lipinski definition) is 3. The molecule has 0 saturated heterocycles. The zero-order valence-electron chi connectivity index (χ0n) is 16.8. The number of nitrogens with zero attached hydrogens (tertiary/aromatic N) is 4. The van der Waals surface area contributed by atoms with E-state index in [-0.39, 0.29) is 23.1 Å². The van der Waals surface area contributed by atoms with E-state index in [0.717, 1.165) is 12.8 Å². The fourth-order valence-electron chi connectivity index (χ4n) is 3.31. The molecule has 1 aromatic carbocycles. The van der Waals surface area contributed by atoms with Crippen LogP contribution in [-0.2, 0) is 11.8 Å². The van der Waals surface area contributed by atoms with E-state index in [1.54, 1.807) is 31.2 Å². The van der Waals surface area contributed by atoms with Crippen LogP contribution in [0, 0.1) is 5.92 Å². The van der Waals surface area contributed by atoms with E-state index in [0.29, 0.717) is 34.3 Å². The SMILES string of the molecule is COc1c(Nc2cc(NC(=O)C3CC3)nc3[nH]c(=O)oc23)cccc1-c1ncn(C)n1. The van der Waals surface area contributed by atoms with Crippen molar-refractivity contribution in [3.63, 3.8) is 0 Å². The lowest BCUT2D eigenvalue weighted by atomic mass is 10.1. The Balaban J connectivity index is 1.57. The number of carbonyl (C=O) groups is 1. The van der Waals surface area contributed by atoms with Crippen LogP contribution in [0.25, 0.3) is 22.6 Å². The molecule has 1 amide bonds. The third kappa shape index (κ3) is 3.61. The first-order chi connectivity index (χ1) is 15.0. The number of H-pyrrole nitrogens is 1. The fourth-order valence-corrected chi connectivity index (χ4v) is 3.31. The minimum Gasteiger partial charge on any atom is -0.494 e. The van der Waals surface area contributed by atoms with Gasteiger partial charge in [-0.3, -0.25) is 14.5 Å². The number of nitrogens with one attached hydrogen (secondary N) is 3. The summed E-state index contributed by atoms with van der Waals surface area (Å²) in [6.45, 7) is 0. The molecule has 5 rings (SSSR count). The van der Waals surface area contributed by atoms with Gasteiger partial charge in [0, 0.05) is 19.0 Å². The molecule has 0 spiro atoms. The highest BCUT2D eigenvalue weighted by Gasteiger charge is 2.30. The number of aryl methyl sites for hydroxylation is 1. The molecule has 4 aromatic rings. The molecule has 1 fully saturated rings. The topological polar surface area (TPSA) is 140 Å². The number of fused-ring (bicyclic) bond motifs is 1. The highest BCUT2D eigenvalue weighted by Crippen LogP contribution is 2.38. The van der Waals surface area contributed by atoms with Gasteiger partial charge in [0.25, 0.3) is 0 Å². The average molecular weight is 421 g/mol. The molecule has 3 N–H and O–H groups in total. The molecule has 3 aromatic heterocycles. The zero-order valence-corrected chi connectivity index (χ0v) is 16.8. The Morgan fingerprint density at radius 1 is 1.32 bits per heavy atom. The van der Waals surface area contributed by atoms with Crippen LogP contribution < -0.4 is 21.1 Å².